The molecule has 2 N–H and O–H groups in total. The molecule has 0 saturated heterocycles. The summed E-state index contributed by atoms with van der Waals surface area (Å²) in [5, 5.41) is 12.5. The SMILES string of the molecule is CC(C)CCNCC(CO)C(C)C. The van der Waals surface area contributed by atoms with Crippen LogP contribution in [0.4, 0.5) is 0 Å². The average Bonchev–Trinajstić information content (AvgIpc) is 2.03. The molecule has 1 unspecified atom stereocenters. The van der Waals surface area contributed by atoms with Gasteiger partial charge in [-0.3, -0.25) is 0 Å². The Bertz CT molecular complexity index is 113. The molecule has 0 aromatic heterocycles. The molecule has 0 aromatic carbocycles. The first-order valence-corrected chi connectivity index (χ1v) is 5.39. The molecule has 13 heavy (non-hydrogen) atoms. The van der Waals surface area contributed by atoms with Crippen LogP contribution in [0.1, 0.15) is 34.1 Å². The topological polar surface area (TPSA) is 32.3 Å². The molecule has 2 heteroatoms. The molecule has 0 heterocycles. The van der Waals surface area contributed by atoms with Gasteiger partial charge in [0.1, 0.15) is 0 Å². The number of nitrogens with one attached hydrogen (secondary N) is 1. The zero-order valence-corrected chi connectivity index (χ0v) is 9.51. The van der Waals surface area contributed by atoms with Crippen molar-refractivity contribution in [3.8, 4) is 0 Å². The lowest BCUT2D eigenvalue weighted by atomic mass is 9.97. The van der Waals surface area contributed by atoms with Crippen LogP contribution in [0.15, 0.2) is 0 Å². The zero-order chi connectivity index (χ0) is 10.3. The van der Waals surface area contributed by atoms with Gasteiger partial charge in [-0.25, -0.2) is 0 Å². The highest BCUT2D eigenvalue weighted by Crippen LogP contribution is 2.08. The van der Waals surface area contributed by atoms with Crippen molar-refractivity contribution in [3.63, 3.8) is 0 Å². The van der Waals surface area contributed by atoms with E-state index < -0.39 is 0 Å². The van der Waals surface area contributed by atoms with E-state index in [1.165, 1.54) is 6.42 Å². The van der Waals surface area contributed by atoms with Gasteiger partial charge in [0.25, 0.3) is 0 Å². The van der Waals surface area contributed by atoms with Gasteiger partial charge in [0.2, 0.25) is 0 Å². The smallest absolute Gasteiger partial charge is 0.0473 e. The third-order valence-electron chi connectivity index (χ3n) is 2.48. The van der Waals surface area contributed by atoms with E-state index >= 15 is 0 Å². The summed E-state index contributed by atoms with van der Waals surface area (Å²) in [6, 6.07) is 0. The molecule has 0 aliphatic carbocycles. The lowest BCUT2D eigenvalue weighted by Crippen LogP contribution is -2.29. The van der Waals surface area contributed by atoms with E-state index in [9.17, 15) is 0 Å². The van der Waals surface area contributed by atoms with Gasteiger partial charge in [0.15, 0.2) is 0 Å². The van der Waals surface area contributed by atoms with Crippen molar-refractivity contribution in [2.24, 2.45) is 17.8 Å². The Kier molecular flexibility index (Phi) is 7.29. The Hall–Kier alpha value is -0.0800. The molecule has 0 spiro atoms. The molecule has 0 bridgehead atoms. The lowest BCUT2D eigenvalue weighted by molar-refractivity contribution is 0.186. The van der Waals surface area contributed by atoms with Gasteiger partial charge >= 0.3 is 0 Å². The first-order valence-electron chi connectivity index (χ1n) is 5.39. The van der Waals surface area contributed by atoms with E-state index in [1.807, 2.05) is 0 Å². The Morgan fingerprint density at radius 3 is 2.15 bits per heavy atom. The molecule has 1 atom stereocenters. The van der Waals surface area contributed by atoms with Gasteiger partial charge in [-0.1, -0.05) is 27.7 Å². The summed E-state index contributed by atoms with van der Waals surface area (Å²) in [4.78, 5) is 0. The quantitative estimate of drug-likeness (QED) is 0.597. The number of aliphatic hydroxyl groups excluding tert-OH is 1. The van der Waals surface area contributed by atoms with E-state index in [4.69, 9.17) is 5.11 Å². The Morgan fingerprint density at radius 1 is 1.15 bits per heavy atom. The molecule has 0 amide bonds. The van der Waals surface area contributed by atoms with Crippen LogP contribution in [0.5, 0.6) is 0 Å². The lowest BCUT2D eigenvalue weighted by Gasteiger charge is -2.18. The first kappa shape index (κ1) is 12.9. The fourth-order valence-corrected chi connectivity index (χ4v) is 1.19. The van der Waals surface area contributed by atoms with Gasteiger partial charge in [0, 0.05) is 13.2 Å². The van der Waals surface area contributed by atoms with Gasteiger partial charge in [-0.15, -0.1) is 0 Å². The molecule has 0 saturated carbocycles. The van der Waals surface area contributed by atoms with Gasteiger partial charge < -0.3 is 10.4 Å². The average molecular weight is 187 g/mol. The highest BCUT2D eigenvalue weighted by atomic mass is 16.3. The number of aliphatic hydroxyl groups is 1. The number of hydrogen-bond donors (Lipinski definition) is 2. The van der Waals surface area contributed by atoms with Crippen LogP contribution in [0.2, 0.25) is 0 Å². The second-order valence-electron chi connectivity index (χ2n) is 4.57. The molecule has 0 aromatic rings. The van der Waals surface area contributed by atoms with E-state index in [-0.39, 0.29) is 0 Å². The Labute approximate surface area is 82.7 Å². The molecule has 80 valence electrons. The number of hydrogen-bond acceptors (Lipinski definition) is 2. The first-order chi connectivity index (χ1) is 6.07. The predicted molar refractivity (Wildman–Crippen MR) is 57.7 cm³/mol. The van der Waals surface area contributed by atoms with Crippen LogP contribution in [0.3, 0.4) is 0 Å². The highest BCUT2D eigenvalue weighted by Gasteiger charge is 2.10. The van der Waals surface area contributed by atoms with Crippen molar-refractivity contribution in [2.75, 3.05) is 19.7 Å². The van der Waals surface area contributed by atoms with Crippen LogP contribution in [-0.4, -0.2) is 24.8 Å². The molecule has 0 rings (SSSR count). The molecule has 0 radical (unpaired) electrons. The summed E-state index contributed by atoms with van der Waals surface area (Å²) in [6.07, 6.45) is 1.22. The van der Waals surface area contributed by atoms with Crippen molar-refractivity contribution >= 4 is 0 Å². The minimum absolute atomic E-state index is 0.298. The van der Waals surface area contributed by atoms with Crippen LogP contribution in [0, 0.1) is 17.8 Å². The van der Waals surface area contributed by atoms with E-state index in [2.05, 4.69) is 33.0 Å². The summed E-state index contributed by atoms with van der Waals surface area (Å²) in [7, 11) is 0. The van der Waals surface area contributed by atoms with Crippen molar-refractivity contribution in [1.82, 2.24) is 5.32 Å². The highest BCUT2D eigenvalue weighted by molar-refractivity contribution is 4.64. The third kappa shape index (κ3) is 7.03. The van der Waals surface area contributed by atoms with E-state index in [0.717, 1.165) is 19.0 Å². The third-order valence-corrected chi connectivity index (χ3v) is 2.48. The maximum absolute atomic E-state index is 9.06. The molecule has 2 nitrogen and oxygen atoms in total. The normalized spacial score (nSPS) is 14.1. The fraction of sp³-hybridized carbons (Fsp3) is 1.00. The largest absolute Gasteiger partial charge is 0.396 e. The van der Waals surface area contributed by atoms with Crippen molar-refractivity contribution in [2.45, 2.75) is 34.1 Å². The maximum atomic E-state index is 9.06. The standard InChI is InChI=1S/C11H25NO/c1-9(2)5-6-12-7-11(8-13)10(3)4/h9-13H,5-8H2,1-4H3. The van der Waals surface area contributed by atoms with E-state index in [0.29, 0.717) is 18.4 Å². The molecule has 0 aliphatic rings. The minimum Gasteiger partial charge on any atom is -0.396 e. The molecule has 0 aliphatic heterocycles. The fourth-order valence-electron chi connectivity index (χ4n) is 1.19. The summed E-state index contributed by atoms with van der Waals surface area (Å²) in [5.74, 6) is 1.74. The van der Waals surface area contributed by atoms with Crippen molar-refractivity contribution in [3.05, 3.63) is 0 Å². The van der Waals surface area contributed by atoms with Crippen molar-refractivity contribution < 1.29 is 5.11 Å². The monoisotopic (exact) mass is 187 g/mol. The molecule has 0 fully saturated rings. The second-order valence-corrected chi connectivity index (χ2v) is 4.57. The van der Waals surface area contributed by atoms with Crippen LogP contribution in [-0.2, 0) is 0 Å². The van der Waals surface area contributed by atoms with Crippen LogP contribution >= 0.6 is 0 Å². The maximum Gasteiger partial charge on any atom is 0.0473 e. The summed E-state index contributed by atoms with van der Waals surface area (Å²) in [6.45, 7) is 11.1. The number of rotatable bonds is 7. The van der Waals surface area contributed by atoms with Gasteiger partial charge in [-0.2, -0.15) is 0 Å². The minimum atomic E-state index is 0.298. The summed E-state index contributed by atoms with van der Waals surface area (Å²) < 4.78 is 0. The van der Waals surface area contributed by atoms with E-state index in [1.54, 1.807) is 0 Å². The molecular formula is C11H25NO. The van der Waals surface area contributed by atoms with Crippen LogP contribution in [0.25, 0.3) is 0 Å². The Balaban J connectivity index is 3.39. The molecular weight excluding hydrogens is 162 g/mol. The summed E-state index contributed by atoms with van der Waals surface area (Å²) >= 11 is 0. The van der Waals surface area contributed by atoms with Crippen molar-refractivity contribution in [1.29, 1.82) is 0 Å². The Morgan fingerprint density at radius 2 is 1.77 bits per heavy atom. The second kappa shape index (κ2) is 7.34. The zero-order valence-electron chi connectivity index (χ0n) is 9.51. The van der Waals surface area contributed by atoms with Crippen LogP contribution < -0.4 is 5.32 Å². The van der Waals surface area contributed by atoms with Gasteiger partial charge in [-0.05, 0) is 30.7 Å². The summed E-state index contributed by atoms with van der Waals surface area (Å²) in [5.41, 5.74) is 0. The van der Waals surface area contributed by atoms with Gasteiger partial charge in [0.05, 0.1) is 0 Å². The predicted octanol–water partition coefficient (Wildman–Crippen LogP) is 1.89.